The molecule has 31 heavy (non-hydrogen) atoms. The molecule has 3 N–H and O–H groups in total. The largest absolute Gasteiger partial charge is 0.376 e. The van der Waals surface area contributed by atoms with Crippen LogP contribution in [0.1, 0.15) is 35.7 Å². The van der Waals surface area contributed by atoms with Crippen LogP contribution in [0.2, 0.25) is 0 Å². The Morgan fingerprint density at radius 2 is 2.00 bits per heavy atom. The second-order valence-electron chi connectivity index (χ2n) is 7.33. The van der Waals surface area contributed by atoms with Crippen LogP contribution >= 0.6 is 11.8 Å². The number of ether oxygens (including phenoxy) is 1. The van der Waals surface area contributed by atoms with E-state index < -0.39 is 0 Å². The van der Waals surface area contributed by atoms with Gasteiger partial charge in [0.2, 0.25) is 0 Å². The molecule has 1 unspecified atom stereocenters. The zero-order valence-corrected chi connectivity index (χ0v) is 18.9. The van der Waals surface area contributed by atoms with Gasteiger partial charge in [-0.15, -0.1) is 11.8 Å². The summed E-state index contributed by atoms with van der Waals surface area (Å²) in [6.07, 6.45) is 2.23. The topological polar surface area (TPSA) is 74.8 Å². The molecule has 0 aliphatic carbocycles. The number of hydrogen-bond donors (Lipinski definition) is 3. The summed E-state index contributed by atoms with van der Waals surface area (Å²) in [4.78, 5) is 18.4. The van der Waals surface area contributed by atoms with Crippen molar-refractivity contribution < 1.29 is 9.53 Å². The Morgan fingerprint density at radius 3 is 2.77 bits per heavy atom. The fourth-order valence-corrected chi connectivity index (χ4v) is 4.08. The van der Waals surface area contributed by atoms with Crippen molar-refractivity contribution in [3.05, 3.63) is 65.7 Å². The third-order valence-electron chi connectivity index (χ3n) is 4.87. The van der Waals surface area contributed by atoms with Crippen LogP contribution in [-0.2, 0) is 11.3 Å². The number of aliphatic imine (C=N–C) groups is 1. The summed E-state index contributed by atoms with van der Waals surface area (Å²) in [5.74, 6) is 1.67. The van der Waals surface area contributed by atoms with Gasteiger partial charge in [-0.1, -0.05) is 30.3 Å². The van der Waals surface area contributed by atoms with E-state index in [0.717, 1.165) is 49.8 Å². The van der Waals surface area contributed by atoms with Gasteiger partial charge in [-0.2, -0.15) is 0 Å². The third kappa shape index (κ3) is 8.26. The third-order valence-corrected chi connectivity index (χ3v) is 5.89. The van der Waals surface area contributed by atoms with Crippen molar-refractivity contribution in [1.82, 2.24) is 16.0 Å². The summed E-state index contributed by atoms with van der Waals surface area (Å²) in [6, 6.07) is 18.0. The molecular weight excluding hydrogens is 408 g/mol. The molecule has 1 fully saturated rings. The highest BCUT2D eigenvalue weighted by molar-refractivity contribution is 7.99. The fourth-order valence-electron chi connectivity index (χ4n) is 3.29. The molecule has 1 aliphatic heterocycles. The Labute approximate surface area is 189 Å². The molecule has 0 aromatic heterocycles. The number of carbonyl (C=O) groups is 1. The van der Waals surface area contributed by atoms with Crippen LogP contribution in [0.3, 0.4) is 0 Å². The SMILES string of the molecule is CCNC(=NCc1cccc(C(=O)NCC2CCCO2)c1)NCCSc1ccccc1. The highest BCUT2D eigenvalue weighted by Gasteiger charge is 2.16. The number of benzene rings is 2. The molecule has 7 heteroatoms. The first-order chi connectivity index (χ1) is 15.2. The minimum absolute atomic E-state index is 0.0655. The Kier molecular flexibility index (Phi) is 9.73. The lowest BCUT2D eigenvalue weighted by molar-refractivity contribution is 0.0857. The average Bonchev–Trinajstić information content (AvgIpc) is 3.33. The maximum atomic E-state index is 12.5. The highest BCUT2D eigenvalue weighted by Crippen LogP contribution is 2.15. The normalized spacial score (nSPS) is 16.2. The van der Waals surface area contributed by atoms with Gasteiger partial charge in [0.1, 0.15) is 0 Å². The number of nitrogens with zero attached hydrogens (tertiary/aromatic N) is 1. The zero-order valence-electron chi connectivity index (χ0n) is 18.1. The van der Waals surface area contributed by atoms with Gasteiger partial charge in [0, 0.05) is 42.5 Å². The Hall–Kier alpha value is -2.51. The molecule has 2 aromatic rings. The number of guanidine groups is 1. The van der Waals surface area contributed by atoms with Crippen molar-refractivity contribution in [2.75, 3.05) is 32.0 Å². The molecule has 2 aromatic carbocycles. The molecule has 6 nitrogen and oxygen atoms in total. The van der Waals surface area contributed by atoms with Gasteiger partial charge in [-0.25, -0.2) is 4.99 Å². The number of nitrogens with one attached hydrogen (secondary N) is 3. The molecule has 1 aliphatic rings. The number of hydrogen-bond acceptors (Lipinski definition) is 4. The predicted octanol–water partition coefficient (Wildman–Crippen LogP) is 3.44. The highest BCUT2D eigenvalue weighted by atomic mass is 32.2. The summed E-state index contributed by atoms with van der Waals surface area (Å²) < 4.78 is 5.57. The van der Waals surface area contributed by atoms with Crippen LogP contribution in [0.15, 0.2) is 64.5 Å². The number of thioether (sulfide) groups is 1. The molecule has 1 amide bonds. The van der Waals surface area contributed by atoms with Gasteiger partial charge < -0.3 is 20.7 Å². The van der Waals surface area contributed by atoms with Gasteiger partial charge in [-0.05, 0) is 49.6 Å². The molecule has 0 saturated carbocycles. The Morgan fingerprint density at radius 1 is 1.13 bits per heavy atom. The van der Waals surface area contributed by atoms with Crippen molar-refractivity contribution >= 4 is 23.6 Å². The number of rotatable bonds is 10. The first kappa shape index (κ1) is 23.2. The van der Waals surface area contributed by atoms with Gasteiger partial charge in [0.05, 0.1) is 12.6 Å². The van der Waals surface area contributed by atoms with Gasteiger partial charge in [0.25, 0.3) is 5.91 Å². The van der Waals surface area contributed by atoms with E-state index in [-0.39, 0.29) is 12.0 Å². The molecule has 3 rings (SSSR count). The summed E-state index contributed by atoms with van der Waals surface area (Å²) in [5.41, 5.74) is 1.66. The van der Waals surface area contributed by atoms with E-state index in [1.807, 2.05) is 42.1 Å². The molecular formula is C24H32N4O2S. The van der Waals surface area contributed by atoms with Crippen molar-refractivity contribution in [2.24, 2.45) is 4.99 Å². The Balaban J connectivity index is 1.47. The van der Waals surface area contributed by atoms with Crippen LogP contribution < -0.4 is 16.0 Å². The van der Waals surface area contributed by atoms with Crippen molar-refractivity contribution in [3.63, 3.8) is 0 Å². The molecule has 1 atom stereocenters. The van der Waals surface area contributed by atoms with Crippen LogP contribution in [0.25, 0.3) is 0 Å². The lowest BCUT2D eigenvalue weighted by Crippen LogP contribution is -2.38. The maximum absolute atomic E-state index is 12.5. The van der Waals surface area contributed by atoms with E-state index in [1.54, 1.807) is 0 Å². The lowest BCUT2D eigenvalue weighted by Gasteiger charge is -2.12. The smallest absolute Gasteiger partial charge is 0.251 e. The summed E-state index contributed by atoms with van der Waals surface area (Å²) >= 11 is 1.82. The second kappa shape index (κ2) is 13.0. The number of amides is 1. The van der Waals surface area contributed by atoms with E-state index >= 15 is 0 Å². The van der Waals surface area contributed by atoms with Crippen molar-refractivity contribution in [1.29, 1.82) is 0 Å². The first-order valence-electron chi connectivity index (χ1n) is 10.9. The van der Waals surface area contributed by atoms with Crippen molar-refractivity contribution in [2.45, 2.75) is 37.3 Å². The van der Waals surface area contributed by atoms with E-state index in [1.165, 1.54) is 4.90 Å². The fraction of sp³-hybridized carbons (Fsp3) is 0.417. The quantitative estimate of drug-likeness (QED) is 0.228. The van der Waals surface area contributed by atoms with Crippen molar-refractivity contribution in [3.8, 4) is 0 Å². The van der Waals surface area contributed by atoms with Crippen LogP contribution in [0.5, 0.6) is 0 Å². The molecule has 0 radical (unpaired) electrons. The lowest BCUT2D eigenvalue weighted by atomic mass is 10.1. The minimum Gasteiger partial charge on any atom is -0.376 e. The number of carbonyl (C=O) groups excluding carboxylic acids is 1. The van der Waals surface area contributed by atoms with E-state index in [2.05, 4.69) is 52.1 Å². The standard InChI is InChI=1S/C24H32N4O2S/c1-2-25-24(26-13-15-31-22-11-4-3-5-12-22)28-17-19-8-6-9-20(16-19)23(29)27-18-21-10-7-14-30-21/h3-6,8-9,11-12,16,21H,2,7,10,13-15,17-18H2,1H3,(H,27,29)(H2,25,26,28). The average molecular weight is 441 g/mol. The summed E-state index contributed by atoms with van der Waals surface area (Å²) in [7, 11) is 0. The van der Waals surface area contributed by atoms with Gasteiger partial charge >= 0.3 is 0 Å². The summed E-state index contributed by atoms with van der Waals surface area (Å²) in [6.45, 7) is 5.53. The second-order valence-corrected chi connectivity index (χ2v) is 8.50. The Bertz CT molecular complexity index is 838. The predicted molar refractivity (Wildman–Crippen MR) is 128 cm³/mol. The maximum Gasteiger partial charge on any atom is 0.251 e. The first-order valence-corrected chi connectivity index (χ1v) is 11.9. The van der Waals surface area contributed by atoms with Crippen LogP contribution in [0, 0.1) is 0 Å². The van der Waals surface area contributed by atoms with E-state index in [4.69, 9.17) is 4.74 Å². The van der Waals surface area contributed by atoms with Gasteiger partial charge in [0.15, 0.2) is 5.96 Å². The summed E-state index contributed by atoms with van der Waals surface area (Å²) in [5, 5.41) is 9.63. The van der Waals surface area contributed by atoms with E-state index in [0.29, 0.717) is 18.7 Å². The molecule has 166 valence electrons. The molecule has 1 saturated heterocycles. The molecule has 1 heterocycles. The van der Waals surface area contributed by atoms with Crippen LogP contribution in [-0.4, -0.2) is 50.0 Å². The molecule has 0 bridgehead atoms. The molecule has 0 spiro atoms. The van der Waals surface area contributed by atoms with Crippen LogP contribution in [0.4, 0.5) is 0 Å². The van der Waals surface area contributed by atoms with E-state index in [9.17, 15) is 4.79 Å². The minimum atomic E-state index is -0.0655. The van der Waals surface area contributed by atoms with Gasteiger partial charge in [-0.3, -0.25) is 4.79 Å². The zero-order chi connectivity index (χ0) is 21.7. The monoisotopic (exact) mass is 440 g/mol.